The van der Waals surface area contributed by atoms with Crippen molar-refractivity contribution in [3.8, 4) is 0 Å². The second-order valence-electron chi connectivity index (χ2n) is 3.64. The molecule has 0 fully saturated rings. The van der Waals surface area contributed by atoms with Crippen molar-refractivity contribution in [2.24, 2.45) is 0 Å². The number of aromatic nitrogens is 1. The molecule has 0 radical (unpaired) electrons. The first kappa shape index (κ1) is 14.1. The second kappa shape index (κ2) is 6.77. The zero-order chi connectivity index (χ0) is 13.7. The van der Waals surface area contributed by atoms with Gasteiger partial charge in [-0.1, -0.05) is 29.4 Å². The predicted molar refractivity (Wildman–Crippen MR) is 72.6 cm³/mol. The SMILES string of the molecule is FC(F)SCc1ccc(CNc2cccc(Cl)n2)o1. The maximum atomic E-state index is 12.0. The Morgan fingerprint density at radius 2 is 2.05 bits per heavy atom. The van der Waals surface area contributed by atoms with E-state index in [-0.39, 0.29) is 5.75 Å². The van der Waals surface area contributed by atoms with E-state index < -0.39 is 5.76 Å². The van der Waals surface area contributed by atoms with Crippen LogP contribution in [0.5, 0.6) is 0 Å². The summed E-state index contributed by atoms with van der Waals surface area (Å²) in [7, 11) is 0. The van der Waals surface area contributed by atoms with Gasteiger partial charge in [0, 0.05) is 0 Å². The minimum Gasteiger partial charge on any atom is -0.463 e. The van der Waals surface area contributed by atoms with Gasteiger partial charge in [0.2, 0.25) is 0 Å². The highest BCUT2D eigenvalue weighted by molar-refractivity contribution is 7.98. The molecule has 0 saturated heterocycles. The molecule has 2 rings (SSSR count). The molecular weight excluding hydrogens is 294 g/mol. The van der Waals surface area contributed by atoms with Gasteiger partial charge in [-0.15, -0.1) is 0 Å². The molecule has 102 valence electrons. The van der Waals surface area contributed by atoms with Crippen LogP contribution in [0.1, 0.15) is 11.5 Å². The van der Waals surface area contributed by atoms with Crippen LogP contribution in [0.4, 0.5) is 14.6 Å². The van der Waals surface area contributed by atoms with Crippen molar-refractivity contribution >= 4 is 29.2 Å². The molecule has 19 heavy (non-hydrogen) atoms. The first-order chi connectivity index (χ1) is 9.13. The monoisotopic (exact) mass is 304 g/mol. The molecule has 0 spiro atoms. The normalized spacial score (nSPS) is 10.9. The van der Waals surface area contributed by atoms with E-state index in [2.05, 4.69) is 10.3 Å². The summed E-state index contributed by atoms with van der Waals surface area (Å²) in [6.07, 6.45) is 0. The molecule has 2 heterocycles. The lowest BCUT2D eigenvalue weighted by Crippen LogP contribution is -1.99. The molecular formula is C12H11ClF2N2OS. The summed E-state index contributed by atoms with van der Waals surface area (Å²) in [4.78, 5) is 4.06. The van der Waals surface area contributed by atoms with Crippen molar-refractivity contribution in [3.63, 3.8) is 0 Å². The van der Waals surface area contributed by atoms with Gasteiger partial charge in [-0.25, -0.2) is 4.98 Å². The third-order valence-electron chi connectivity index (χ3n) is 2.23. The van der Waals surface area contributed by atoms with E-state index in [0.717, 1.165) is 0 Å². The number of pyridine rings is 1. The van der Waals surface area contributed by atoms with Crippen LogP contribution < -0.4 is 5.32 Å². The van der Waals surface area contributed by atoms with E-state index in [1.807, 2.05) is 0 Å². The molecule has 0 aliphatic heterocycles. The quantitative estimate of drug-likeness (QED) is 0.803. The molecule has 0 aliphatic rings. The highest BCUT2D eigenvalue weighted by Crippen LogP contribution is 2.21. The van der Waals surface area contributed by atoms with Gasteiger partial charge in [0.25, 0.3) is 5.76 Å². The topological polar surface area (TPSA) is 38.1 Å². The van der Waals surface area contributed by atoms with Crippen molar-refractivity contribution in [2.45, 2.75) is 18.1 Å². The number of halogens is 3. The summed E-state index contributed by atoms with van der Waals surface area (Å²) < 4.78 is 29.5. The molecule has 0 atom stereocenters. The van der Waals surface area contributed by atoms with Gasteiger partial charge < -0.3 is 9.73 Å². The van der Waals surface area contributed by atoms with Gasteiger partial charge in [-0.2, -0.15) is 8.78 Å². The smallest absolute Gasteiger partial charge is 0.284 e. The molecule has 0 unspecified atom stereocenters. The molecule has 0 bridgehead atoms. The Morgan fingerprint density at radius 1 is 1.26 bits per heavy atom. The molecule has 1 N–H and O–H groups in total. The van der Waals surface area contributed by atoms with Crippen molar-refractivity contribution in [1.82, 2.24) is 4.98 Å². The van der Waals surface area contributed by atoms with Gasteiger partial charge in [-0.3, -0.25) is 0 Å². The van der Waals surface area contributed by atoms with E-state index in [4.69, 9.17) is 16.0 Å². The van der Waals surface area contributed by atoms with E-state index >= 15 is 0 Å². The summed E-state index contributed by atoms with van der Waals surface area (Å²) in [5.41, 5.74) is 0. The zero-order valence-electron chi connectivity index (χ0n) is 9.78. The molecule has 2 aromatic heterocycles. The number of nitrogens with one attached hydrogen (secondary N) is 1. The van der Waals surface area contributed by atoms with E-state index in [0.29, 0.717) is 40.8 Å². The molecule has 0 aliphatic carbocycles. The summed E-state index contributed by atoms with van der Waals surface area (Å²) >= 11 is 6.29. The minimum absolute atomic E-state index is 0.160. The fourth-order valence-corrected chi connectivity index (χ4v) is 2.03. The molecule has 0 saturated carbocycles. The van der Waals surface area contributed by atoms with Crippen molar-refractivity contribution in [3.05, 3.63) is 47.0 Å². The van der Waals surface area contributed by atoms with Crippen molar-refractivity contribution in [2.75, 3.05) is 5.32 Å². The Kier molecular flexibility index (Phi) is 5.04. The number of furan rings is 1. The lowest BCUT2D eigenvalue weighted by atomic mass is 10.4. The van der Waals surface area contributed by atoms with Crippen LogP contribution >= 0.6 is 23.4 Å². The van der Waals surface area contributed by atoms with E-state index in [9.17, 15) is 8.78 Å². The Labute approximate surface area is 118 Å². The third-order valence-corrected chi connectivity index (χ3v) is 3.14. The number of rotatable bonds is 6. The second-order valence-corrected chi connectivity index (χ2v) is 5.00. The largest absolute Gasteiger partial charge is 0.463 e. The number of thioether (sulfide) groups is 1. The number of anilines is 1. The van der Waals surface area contributed by atoms with Gasteiger partial charge in [0.05, 0.1) is 12.3 Å². The summed E-state index contributed by atoms with van der Waals surface area (Å²) in [5.74, 6) is -0.407. The maximum absolute atomic E-state index is 12.0. The highest BCUT2D eigenvalue weighted by atomic mass is 35.5. The summed E-state index contributed by atoms with van der Waals surface area (Å²) in [6, 6.07) is 8.68. The first-order valence-corrected chi connectivity index (χ1v) is 6.90. The lowest BCUT2D eigenvalue weighted by molar-refractivity contribution is 0.251. The summed E-state index contributed by atoms with van der Waals surface area (Å²) in [5, 5.41) is 3.44. The fourth-order valence-electron chi connectivity index (χ4n) is 1.42. The Bertz CT molecular complexity index is 536. The van der Waals surface area contributed by atoms with Crippen LogP contribution in [-0.4, -0.2) is 10.7 Å². The van der Waals surface area contributed by atoms with Crippen LogP contribution in [0.25, 0.3) is 0 Å². The number of hydrogen-bond donors (Lipinski definition) is 1. The molecule has 3 nitrogen and oxygen atoms in total. The van der Waals surface area contributed by atoms with Crippen LogP contribution in [0.2, 0.25) is 5.15 Å². The molecule has 0 aromatic carbocycles. The third kappa shape index (κ3) is 4.72. The zero-order valence-corrected chi connectivity index (χ0v) is 11.3. The van der Waals surface area contributed by atoms with Crippen LogP contribution in [-0.2, 0) is 12.3 Å². The number of hydrogen-bond acceptors (Lipinski definition) is 4. The van der Waals surface area contributed by atoms with E-state index in [1.54, 1.807) is 30.3 Å². The maximum Gasteiger partial charge on any atom is 0.284 e. The Hall–Kier alpha value is -1.27. The number of alkyl halides is 2. The standard InChI is InChI=1S/C12H11ClF2N2OS/c13-10-2-1-3-11(17-10)16-6-8-4-5-9(18-8)7-19-12(14)15/h1-5,12H,6-7H2,(H,16,17). The summed E-state index contributed by atoms with van der Waals surface area (Å²) in [6.45, 7) is 0.423. The van der Waals surface area contributed by atoms with Crippen LogP contribution in [0.15, 0.2) is 34.7 Å². The lowest BCUT2D eigenvalue weighted by Gasteiger charge is -2.03. The van der Waals surface area contributed by atoms with Gasteiger partial charge in [0.1, 0.15) is 22.5 Å². The molecule has 7 heteroatoms. The average Bonchev–Trinajstić information content (AvgIpc) is 2.82. The van der Waals surface area contributed by atoms with Crippen LogP contribution in [0, 0.1) is 0 Å². The first-order valence-electron chi connectivity index (χ1n) is 5.47. The van der Waals surface area contributed by atoms with Gasteiger partial charge in [0.15, 0.2) is 0 Å². The van der Waals surface area contributed by atoms with Crippen molar-refractivity contribution in [1.29, 1.82) is 0 Å². The van der Waals surface area contributed by atoms with Gasteiger partial charge in [-0.05, 0) is 24.3 Å². The van der Waals surface area contributed by atoms with Crippen molar-refractivity contribution < 1.29 is 13.2 Å². The molecule has 0 amide bonds. The van der Waals surface area contributed by atoms with Crippen LogP contribution in [0.3, 0.4) is 0 Å². The minimum atomic E-state index is -2.39. The fraction of sp³-hybridized carbons (Fsp3) is 0.250. The van der Waals surface area contributed by atoms with E-state index in [1.165, 1.54) is 0 Å². The number of nitrogens with zero attached hydrogens (tertiary/aromatic N) is 1. The Balaban J connectivity index is 1.86. The average molecular weight is 305 g/mol. The molecule has 2 aromatic rings. The van der Waals surface area contributed by atoms with Gasteiger partial charge >= 0.3 is 0 Å². The Morgan fingerprint density at radius 3 is 2.79 bits per heavy atom. The predicted octanol–water partition coefficient (Wildman–Crippen LogP) is 4.40. The highest BCUT2D eigenvalue weighted by Gasteiger charge is 2.07.